The van der Waals surface area contributed by atoms with Crippen molar-refractivity contribution in [3.8, 4) is 5.75 Å². The first kappa shape index (κ1) is 26.3. The molecule has 0 aliphatic heterocycles. The number of para-hydroxylation sites is 1. The largest absolute Gasteiger partial charge is 0.495 e. The zero-order valence-electron chi connectivity index (χ0n) is 21.5. The van der Waals surface area contributed by atoms with Gasteiger partial charge in [-0.2, -0.15) is 0 Å². The third kappa shape index (κ3) is 5.68. The van der Waals surface area contributed by atoms with Gasteiger partial charge in [0.05, 0.1) is 12.8 Å². The second-order valence-corrected chi connectivity index (χ2v) is 11.0. The number of hydrogen-bond donors (Lipinski definition) is 1. The van der Waals surface area contributed by atoms with Crippen LogP contribution < -0.4 is 14.4 Å². The summed E-state index contributed by atoms with van der Waals surface area (Å²) in [5, 5.41) is 2.97. The Hall–Kier alpha value is -3.32. The van der Waals surface area contributed by atoms with E-state index in [1.165, 1.54) is 7.11 Å². The van der Waals surface area contributed by atoms with Gasteiger partial charge in [0.25, 0.3) is 10.0 Å². The van der Waals surface area contributed by atoms with E-state index < -0.39 is 15.9 Å². The number of nitrogens with zero attached hydrogens (tertiary/aromatic N) is 1. The van der Waals surface area contributed by atoms with Gasteiger partial charge in [0.15, 0.2) is 0 Å². The smallest absolute Gasteiger partial charge is 0.268 e. The normalized spacial score (nSPS) is 11.4. The number of sulfonamides is 1. The lowest BCUT2D eigenvalue weighted by Gasteiger charge is -2.26. The number of hydrogen-bond acceptors (Lipinski definition) is 4. The molecule has 7 heteroatoms. The topological polar surface area (TPSA) is 75.7 Å². The van der Waals surface area contributed by atoms with E-state index in [2.05, 4.69) is 19.2 Å². The van der Waals surface area contributed by atoms with E-state index in [0.29, 0.717) is 5.69 Å². The van der Waals surface area contributed by atoms with Crippen molar-refractivity contribution in [1.29, 1.82) is 0 Å². The fourth-order valence-corrected chi connectivity index (χ4v) is 5.61. The Bertz CT molecular complexity index is 1350. The third-order valence-corrected chi connectivity index (χ3v) is 7.94. The van der Waals surface area contributed by atoms with Crippen molar-refractivity contribution in [3.05, 3.63) is 82.4 Å². The maximum absolute atomic E-state index is 14.0. The van der Waals surface area contributed by atoms with Crippen molar-refractivity contribution in [2.24, 2.45) is 0 Å². The molecule has 3 aromatic rings. The Kier molecular flexibility index (Phi) is 7.90. The maximum Gasteiger partial charge on any atom is 0.268 e. The number of nitrogens with one attached hydrogen (secondary N) is 1. The molecular weight excluding hydrogens is 460 g/mol. The first-order chi connectivity index (χ1) is 16.4. The van der Waals surface area contributed by atoms with Gasteiger partial charge < -0.3 is 10.1 Å². The number of carbonyl (C=O) groups is 1. The van der Waals surface area contributed by atoms with Crippen LogP contribution in [0.5, 0.6) is 5.75 Å². The average molecular weight is 495 g/mol. The molecule has 35 heavy (non-hydrogen) atoms. The molecule has 0 aromatic heterocycles. The Morgan fingerprint density at radius 3 is 2.29 bits per heavy atom. The summed E-state index contributed by atoms with van der Waals surface area (Å²) in [4.78, 5) is 13.3. The highest BCUT2D eigenvalue weighted by atomic mass is 32.2. The number of ether oxygens (including phenoxy) is 1. The minimum absolute atomic E-state index is 0.0183. The van der Waals surface area contributed by atoms with E-state index in [4.69, 9.17) is 4.74 Å². The highest BCUT2D eigenvalue weighted by Crippen LogP contribution is 2.32. The summed E-state index contributed by atoms with van der Waals surface area (Å²) in [5.74, 6) is 0.00167. The lowest BCUT2D eigenvalue weighted by molar-refractivity contribution is -0.114. The van der Waals surface area contributed by atoms with Crippen LogP contribution in [0.15, 0.2) is 59.5 Å². The molecular formula is C28H34N2O4S. The highest BCUT2D eigenvalue weighted by molar-refractivity contribution is 7.93. The summed E-state index contributed by atoms with van der Waals surface area (Å²) in [7, 11) is -2.69. The van der Waals surface area contributed by atoms with Crippen LogP contribution in [0, 0.1) is 27.7 Å². The third-order valence-electron chi connectivity index (χ3n) is 6.14. The number of amides is 1. The molecule has 186 valence electrons. The molecule has 0 saturated carbocycles. The Morgan fingerprint density at radius 1 is 0.943 bits per heavy atom. The van der Waals surface area contributed by atoms with Crippen molar-refractivity contribution >= 4 is 27.3 Å². The van der Waals surface area contributed by atoms with Gasteiger partial charge in [-0.3, -0.25) is 9.10 Å². The molecule has 0 saturated heterocycles. The average Bonchev–Trinajstić information content (AvgIpc) is 2.80. The number of benzene rings is 3. The van der Waals surface area contributed by atoms with Crippen molar-refractivity contribution < 1.29 is 17.9 Å². The second kappa shape index (κ2) is 10.5. The van der Waals surface area contributed by atoms with E-state index in [9.17, 15) is 13.2 Å². The second-order valence-electron chi connectivity index (χ2n) is 9.18. The molecule has 6 nitrogen and oxygen atoms in total. The summed E-state index contributed by atoms with van der Waals surface area (Å²) >= 11 is 0. The monoisotopic (exact) mass is 494 g/mol. The Balaban J connectivity index is 2.08. The minimum Gasteiger partial charge on any atom is -0.495 e. The molecule has 0 heterocycles. The first-order valence-electron chi connectivity index (χ1n) is 11.6. The van der Waals surface area contributed by atoms with Gasteiger partial charge in [-0.15, -0.1) is 0 Å². The quantitative estimate of drug-likeness (QED) is 0.424. The van der Waals surface area contributed by atoms with Crippen LogP contribution in [0.2, 0.25) is 0 Å². The van der Waals surface area contributed by atoms with Gasteiger partial charge in [-0.05, 0) is 85.7 Å². The maximum atomic E-state index is 14.0. The van der Waals surface area contributed by atoms with Crippen LogP contribution in [0.4, 0.5) is 11.4 Å². The number of carbonyl (C=O) groups excluding carboxylic acids is 1. The fourth-order valence-electron chi connectivity index (χ4n) is 3.95. The molecule has 0 aliphatic rings. The van der Waals surface area contributed by atoms with Gasteiger partial charge in [0, 0.05) is 5.69 Å². The first-order valence-corrected chi connectivity index (χ1v) is 13.0. The lowest BCUT2D eigenvalue weighted by atomic mass is 9.98. The standard InChI is InChI=1S/C28H34N2O4S/c1-18(2)24-10-8-9-21(5)28(24)29-27(31)17-30(23-13-12-20(4)22(6)16-23)35(32,33)26-15-19(3)11-14-25(26)34-7/h8-16,18H,17H2,1-7H3,(H,29,31). The van der Waals surface area contributed by atoms with Crippen LogP contribution >= 0.6 is 0 Å². The van der Waals surface area contributed by atoms with Crippen LogP contribution in [0.25, 0.3) is 0 Å². The van der Waals surface area contributed by atoms with E-state index in [-0.39, 0.29) is 23.1 Å². The lowest BCUT2D eigenvalue weighted by Crippen LogP contribution is -2.38. The van der Waals surface area contributed by atoms with Crippen molar-refractivity contribution in [2.75, 3.05) is 23.3 Å². The molecule has 0 atom stereocenters. The molecule has 0 radical (unpaired) electrons. The van der Waals surface area contributed by atoms with Crippen molar-refractivity contribution in [3.63, 3.8) is 0 Å². The van der Waals surface area contributed by atoms with Crippen molar-refractivity contribution in [1.82, 2.24) is 0 Å². The molecule has 1 amide bonds. The molecule has 0 spiro atoms. The van der Waals surface area contributed by atoms with Gasteiger partial charge in [-0.1, -0.05) is 44.2 Å². The summed E-state index contributed by atoms with van der Waals surface area (Å²) in [6, 6.07) is 16.2. The van der Waals surface area contributed by atoms with E-state index >= 15 is 0 Å². The number of methoxy groups -OCH3 is 1. The summed E-state index contributed by atoms with van der Waals surface area (Å²) in [6.45, 7) is 11.3. The van der Waals surface area contributed by atoms with Crippen molar-refractivity contribution in [2.45, 2.75) is 52.4 Å². The van der Waals surface area contributed by atoms with Gasteiger partial charge >= 0.3 is 0 Å². The number of aryl methyl sites for hydroxylation is 4. The Labute approximate surface area is 209 Å². The zero-order valence-corrected chi connectivity index (χ0v) is 22.3. The summed E-state index contributed by atoms with van der Waals surface area (Å²) < 4.78 is 34.4. The predicted molar refractivity (Wildman–Crippen MR) is 142 cm³/mol. The SMILES string of the molecule is COc1ccc(C)cc1S(=O)(=O)N(CC(=O)Nc1c(C)cccc1C(C)C)c1ccc(C)c(C)c1. The van der Waals surface area contributed by atoms with Crippen LogP contribution in [0.1, 0.15) is 47.6 Å². The molecule has 3 aromatic carbocycles. The molecule has 0 fully saturated rings. The predicted octanol–water partition coefficient (Wildman–Crippen LogP) is 5.89. The van der Waals surface area contributed by atoms with Gasteiger partial charge in [0.1, 0.15) is 17.2 Å². The molecule has 3 rings (SSSR count). The number of anilines is 2. The summed E-state index contributed by atoms with van der Waals surface area (Å²) in [5.41, 5.74) is 5.80. The molecule has 0 bridgehead atoms. The van der Waals surface area contributed by atoms with E-state index in [0.717, 1.165) is 37.8 Å². The van der Waals surface area contributed by atoms with Crippen LogP contribution in [-0.2, 0) is 14.8 Å². The Morgan fingerprint density at radius 2 is 1.66 bits per heavy atom. The van der Waals surface area contributed by atoms with Crippen LogP contribution in [0.3, 0.4) is 0 Å². The van der Waals surface area contributed by atoms with Gasteiger partial charge in [0.2, 0.25) is 5.91 Å². The minimum atomic E-state index is -4.13. The van der Waals surface area contributed by atoms with Gasteiger partial charge in [-0.25, -0.2) is 8.42 Å². The highest BCUT2D eigenvalue weighted by Gasteiger charge is 2.31. The van der Waals surface area contributed by atoms with Crippen LogP contribution in [-0.4, -0.2) is 28.0 Å². The van der Waals surface area contributed by atoms with E-state index in [1.54, 1.807) is 30.3 Å². The summed E-state index contributed by atoms with van der Waals surface area (Å²) in [6.07, 6.45) is 0. The fraction of sp³-hybridized carbons (Fsp3) is 0.321. The zero-order chi connectivity index (χ0) is 25.9. The molecule has 0 aliphatic carbocycles. The number of rotatable bonds is 8. The van der Waals surface area contributed by atoms with E-state index in [1.807, 2.05) is 52.0 Å². The molecule has 1 N–H and O–H groups in total. The molecule has 0 unspecified atom stereocenters.